The highest BCUT2D eigenvalue weighted by Crippen LogP contribution is 2.36. The summed E-state index contributed by atoms with van der Waals surface area (Å²) in [5.74, 6) is 0. The molecular weight excluding hydrogens is 294 g/mol. The highest BCUT2D eigenvalue weighted by Gasteiger charge is 2.28. The highest BCUT2D eigenvalue weighted by atomic mass is 15.5. The predicted octanol–water partition coefficient (Wildman–Crippen LogP) is 4.68. The van der Waals surface area contributed by atoms with Gasteiger partial charge in [-0.25, -0.2) is 5.43 Å². The monoisotopic (exact) mass is 321 g/mol. The number of benzene rings is 1. The molecule has 1 aliphatic heterocycles. The second-order valence-corrected chi connectivity index (χ2v) is 7.74. The second-order valence-electron chi connectivity index (χ2n) is 7.74. The first kappa shape index (κ1) is 16.8. The summed E-state index contributed by atoms with van der Waals surface area (Å²) in [6.07, 6.45) is 8.43. The van der Waals surface area contributed by atoms with E-state index in [1.165, 1.54) is 24.8 Å². The SMILES string of the molecule is C=C1CCC(C2=CC(C)(C)CCC2)NN1Cc1ccc(C#N)cc1. The number of nitrogens with one attached hydrogen (secondary N) is 1. The lowest BCUT2D eigenvalue weighted by molar-refractivity contribution is 0.164. The molecule has 0 spiro atoms. The van der Waals surface area contributed by atoms with Gasteiger partial charge < -0.3 is 5.01 Å². The lowest BCUT2D eigenvalue weighted by atomic mass is 9.77. The smallest absolute Gasteiger partial charge is 0.0991 e. The normalized spacial score (nSPS) is 23.5. The van der Waals surface area contributed by atoms with E-state index >= 15 is 0 Å². The Kier molecular flexibility index (Phi) is 4.78. The van der Waals surface area contributed by atoms with E-state index in [0.29, 0.717) is 17.0 Å². The first-order chi connectivity index (χ1) is 11.5. The number of nitriles is 1. The summed E-state index contributed by atoms with van der Waals surface area (Å²) in [7, 11) is 0. The van der Waals surface area contributed by atoms with Crippen molar-refractivity contribution in [2.24, 2.45) is 5.41 Å². The predicted molar refractivity (Wildman–Crippen MR) is 97.7 cm³/mol. The molecule has 1 fully saturated rings. The Hall–Kier alpha value is -2.05. The van der Waals surface area contributed by atoms with Gasteiger partial charge in [0.25, 0.3) is 0 Å². The molecule has 1 N–H and O–H groups in total. The number of hydrogen-bond acceptors (Lipinski definition) is 3. The zero-order chi connectivity index (χ0) is 17.2. The van der Waals surface area contributed by atoms with E-state index < -0.39 is 0 Å². The van der Waals surface area contributed by atoms with E-state index in [4.69, 9.17) is 5.26 Å². The highest BCUT2D eigenvalue weighted by molar-refractivity contribution is 5.32. The maximum absolute atomic E-state index is 8.92. The van der Waals surface area contributed by atoms with Gasteiger partial charge in [-0.3, -0.25) is 0 Å². The van der Waals surface area contributed by atoms with Crippen molar-refractivity contribution < 1.29 is 0 Å². The molecule has 1 atom stereocenters. The Morgan fingerprint density at radius 3 is 2.71 bits per heavy atom. The molecule has 3 nitrogen and oxygen atoms in total. The van der Waals surface area contributed by atoms with Gasteiger partial charge in [-0.15, -0.1) is 0 Å². The molecule has 1 aromatic rings. The van der Waals surface area contributed by atoms with Crippen LogP contribution in [0, 0.1) is 16.7 Å². The summed E-state index contributed by atoms with van der Waals surface area (Å²) in [6, 6.07) is 10.4. The molecule has 1 saturated heterocycles. The fraction of sp³-hybridized carbons (Fsp3) is 0.476. The van der Waals surface area contributed by atoms with E-state index in [-0.39, 0.29) is 0 Å². The molecule has 0 bridgehead atoms. The van der Waals surface area contributed by atoms with E-state index in [9.17, 15) is 0 Å². The van der Waals surface area contributed by atoms with Crippen molar-refractivity contribution in [1.82, 2.24) is 10.4 Å². The van der Waals surface area contributed by atoms with Gasteiger partial charge in [0, 0.05) is 11.7 Å². The van der Waals surface area contributed by atoms with Gasteiger partial charge in [0.2, 0.25) is 0 Å². The van der Waals surface area contributed by atoms with E-state index in [1.807, 2.05) is 24.3 Å². The zero-order valence-electron chi connectivity index (χ0n) is 14.8. The summed E-state index contributed by atoms with van der Waals surface area (Å²) < 4.78 is 0. The first-order valence-electron chi connectivity index (χ1n) is 8.89. The Morgan fingerprint density at radius 1 is 1.29 bits per heavy atom. The van der Waals surface area contributed by atoms with Crippen LogP contribution in [0.15, 0.2) is 48.2 Å². The summed E-state index contributed by atoms with van der Waals surface area (Å²) in [6.45, 7) is 9.69. The molecular formula is C21H27N3. The third-order valence-electron chi connectivity index (χ3n) is 5.15. The van der Waals surface area contributed by atoms with Crippen molar-refractivity contribution >= 4 is 0 Å². The zero-order valence-corrected chi connectivity index (χ0v) is 14.8. The number of allylic oxidation sites excluding steroid dienone is 2. The fourth-order valence-electron chi connectivity index (χ4n) is 3.75. The average Bonchev–Trinajstić information content (AvgIpc) is 2.56. The third-order valence-corrected chi connectivity index (χ3v) is 5.15. The molecule has 0 aromatic heterocycles. The maximum atomic E-state index is 8.92. The molecule has 126 valence electrons. The van der Waals surface area contributed by atoms with Crippen molar-refractivity contribution in [3.05, 3.63) is 59.3 Å². The van der Waals surface area contributed by atoms with Gasteiger partial charge in [0.05, 0.1) is 18.2 Å². The van der Waals surface area contributed by atoms with Crippen molar-refractivity contribution in [2.75, 3.05) is 0 Å². The third kappa shape index (κ3) is 3.88. The van der Waals surface area contributed by atoms with E-state index in [0.717, 1.165) is 25.1 Å². The van der Waals surface area contributed by atoms with E-state index in [2.05, 4.69) is 43.0 Å². The minimum Gasteiger partial charge on any atom is -0.308 e. The van der Waals surface area contributed by atoms with Gasteiger partial charge >= 0.3 is 0 Å². The molecule has 24 heavy (non-hydrogen) atoms. The quantitative estimate of drug-likeness (QED) is 0.822. The van der Waals surface area contributed by atoms with Crippen molar-refractivity contribution in [1.29, 1.82) is 5.26 Å². The number of hydrogen-bond donors (Lipinski definition) is 1. The number of nitrogens with zero attached hydrogens (tertiary/aromatic N) is 2. The number of rotatable bonds is 3. The Balaban J connectivity index is 1.70. The second kappa shape index (κ2) is 6.83. The van der Waals surface area contributed by atoms with Crippen LogP contribution in [0.5, 0.6) is 0 Å². The van der Waals surface area contributed by atoms with Crippen LogP contribution in [0.25, 0.3) is 0 Å². The van der Waals surface area contributed by atoms with Crippen LogP contribution in [0.2, 0.25) is 0 Å². The Bertz CT molecular complexity index is 676. The van der Waals surface area contributed by atoms with Crippen LogP contribution in [0.4, 0.5) is 0 Å². The lowest BCUT2D eigenvalue weighted by Crippen LogP contribution is -2.48. The van der Waals surface area contributed by atoms with Gasteiger partial charge in [-0.05, 0) is 55.2 Å². The Morgan fingerprint density at radius 2 is 2.04 bits per heavy atom. The molecule has 3 heteroatoms. The van der Waals surface area contributed by atoms with Crippen molar-refractivity contribution in [3.8, 4) is 6.07 Å². The molecule has 1 unspecified atom stereocenters. The largest absolute Gasteiger partial charge is 0.308 e. The Labute approximate surface area is 145 Å². The van der Waals surface area contributed by atoms with E-state index in [1.54, 1.807) is 5.57 Å². The maximum Gasteiger partial charge on any atom is 0.0991 e. The topological polar surface area (TPSA) is 39.1 Å². The van der Waals surface area contributed by atoms with Gasteiger partial charge in [-0.1, -0.05) is 44.2 Å². The molecule has 1 aromatic carbocycles. The average molecular weight is 321 g/mol. The van der Waals surface area contributed by atoms with Crippen molar-refractivity contribution in [2.45, 2.75) is 58.5 Å². The minimum absolute atomic E-state index is 0.321. The van der Waals surface area contributed by atoms with Crippen LogP contribution < -0.4 is 5.43 Å². The molecule has 0 radical (unpaired) electrons. The molecule has 3 rings (SSSR count). The molecule has 1 heterocycles. The van der Waals surface area contributed by atoms with Gasteiger partial charge in [0.1, 0.15) is 0 Å². The van der Waals surface area contributed by atoms with Gasteiger partial charge in [-0.2, -0.15) is 5.26 Å². The molecule has 0 saturated carbocycles. The van der Waals surface area contributed by atoms with Crippen LogP contribution in [-0.2, 0) is 6.54 Å². The minimum atomic E-state index is 0.321. The molecule has 2 aliphatic rings. The van der Waals surface area contributed by atoms with Crippen molar-refractivity contribution in [3.63, 3.8) is 0 Å². The summed E-state index contributed by atoms with van der Waals surface area (Å²) in [4.78, 5) is 0. The standard InChI is InChI=1S/C21H27N3/c1-16-6-11-20(19-5-4-12-21(2,3)13-19)23-24(16)15-18-9-7-17(14-22)8-10-18/h7-10,13,20,23H,1,4-6,11-12,15H2,2-3H3. The van der Waals surface area contributed by atoms with Crippen LogP contribution in [-0.4, -0.2) is 11.1 Å². The fourth-order valence-corrected chi connectivity index (χ4v) is 3.75. The summed E-state index contributed by atoms with van der Waals surface area (Å²) in [5.41, 5.74) is 8.61. The molecule has 1 aliphatic carbocycles. The molecule has 0 amide bonds. The lowest BCUT2D eigenvalue weighted by Gasteiger charge is -2.40. The van der Waals surface area contributed by atoms with Crippen LogP contribution in [0.3, 0.4) is 0 Å². The summed E-state index contributed by atoms with van der Waals surface area (Å²) >= 11 is 0. The van der Waals surface area contributed by atoms with Gasteiger partial charge in [0.15, 0.2) is 0 Å². The van der Waals surface area contributed by atoms with Crippen LogP contribution in [0.1, 0.15) is 57.1 Å². The van der Waals surface area contributed by atoms with Crippen LogP contribution >= 0.6 is 0 Å². The summed E-state index contributed by atoms with van der Waals surface area (Å²) in [5, 5.41) is 11.1. The first-order valence-corrected chi connectivity index (χ1v) is 8.89. The number of hydrazine groups is 1.